The van der Waals surface area contributed by atoms with E-state index >= 15 is 0 Å². The lowest BCUT2D eigenvalue weighted by molar-refractivity contribution is 0.437. The van der Waals surface area contributed by atoms with E-state index in [1.165, 1.54) is 39.8 Å². The molecule has 1 saturated heterocycles. The minimum Gasteiger partial charge on any atom is -0.356 e. The van der Waals surface area contributed by atoms with Crippen molar-refractivity contribution in [1.29, 1.82) is 0 Å². The van der Waals surface area contributed by atoms with Crippen LogP contribution in [0.1, 0.15) is 56.9 Å². The summed E-state index contributed by atoms with van der Waals surface area (Å²) < 4.78 is 0. The van der Waals surface area contributed by atoms with E-state index < -0.39 is 0 Å². The normalized spacial score (nSPS) is 15.7. The second kappa shape index (κ2) is 8.00. The van der Waals surface area contributed by atoms with Crippen molar-refractivity contribution in [3.05, 3.63) is 40.0 Å². The number of benzene rings is 1. The van der Waals surface area contributed by atoms with Gasteiger partial charge in [0.25, 0.3) is 0 Å². The van der Waals surface area contributed by atoms with Crippen molar-refractivity contribution in [3.63, 3.8) is 0 Å². The average molecular weight is 414 g/mol. The lowest BCUT2D eigenvalue weighted by Crippen LogP contribution is -2.33. The number of piperidine rings is 1. The van der Waals surface area contributed by atoms with Crippen LogP contribution in [0.25, 0.3) is 21.3 Å². The van der Waals surface area contributed by atoms with E-state index in [1.54, 1.807) is 11.3 Å². The molecule has 3 nitrogen and oxygen atoms in total. The standard InChI is InChI=1S/C23H28ClN3S/c1-5-18-19(17-8-6-16(7-9-17)14(2)3)20-21(25-23(24)26-22(20)28-18)27-12-10-15(4)11-13-27/h6-9,14-15H,5,10-13H2,1-4H3. The van der Waals surface area contributed by atoms with Crippen molar-refractivity contribution >= 4 is 39.0 Å². The third-order valence-corrected chi connectivity index (χ3v) is 7.25. The van der Waals surface area contributed by atoms with E-state index in [4.69, 9.17) is 16.6 Å². The van der Waals surface area contributed by atoms with Crippen LogP contribution in [0.15, 0.2) is 24.3 Å². The predicted octanol–water partition coefficient (Wildman–Crippen LogP) is 6.93. The third kappa shape index (κ3) is 3.65. The summed E-state index contributed by atoms with van der Waals surface area (Å²) in [7, 11) is 0. The second-order valence-electron chi connectivity index (χ2n) is 8.20. The maximum Gasteiger partial charge on any atom is 0.225 e. The maximum atomic E-state index is 6.34. The van der Waals surface area contributed by atoms with Crippen LogP contribution in [0.2, 0.25) is 5.28 Å². The summed E-state index contributed by atoms with van der Waals surface area (Å²) >= 11 is 8.10. The molecule has 3 aromatic rings. The lowest BCUT2D eigenvalue weighted by Gasteiger charge is -2.31. The van der Waals surface area contributed by atoms with Crippen LogP contribution in [0, 0.1) is 5.92 Å². The Balaban J connectivity index is 1.89. The van der Waals surface area contributed by atoms with Crippen molar-refractivity contribution in [2.45, 2.75) is 52.9 Å². The van der Waals surface area contributed by atoms with Gasteiger partial charge in [0.05, 0.1) is 5.39 Å². The van der Waals surface area contributed by atoms with Gasteiger partial charge in [-0.1, -0.05) is 52.0 Å². The van der Waals surface area contributed by atoms with E-state index in [1.807, 2.05) is 0 Å². The highest BCUT2D eigenvalue weighted by Crippen LogP contribution is 2.43. The van der Waals surface area contributed by atoms with Gasteiger partial charge in [-0.05, 0) is 53.8 Å². The number of rotatable bonds is 4. The van der Waals surface area contributed by atoms with Crippen LogP contribution >= 0.6 is 22.9 Å². The highest BCUT2D eigenvalue weighted by Gasteiger charge is 2.25. The van der Waals surface area contributed by atoms with Gasteiger partial charge < -0.3 is 4.90 Å². The Morgan fingerprint density at radius 3 is 2.43 bits per heavy atom. The summed E-state index contributed by atoms with van der Waals surface area (Å²) in [6.07, 6.45) is 3.38. The van der Waals surface area contributed by atoms with Crippen LogP contribution < -0.4 is 4.90 Å². The molecule has 0 amide bonds. The number of nitrogens with zero attached hydrogens (tertiary/aromatic N) is 3. The summed E-state index contributed by atoms with van der Waals surface area (Å²) in [5, 5.41) is 1.53. The van der Waals surface area contributed by atoms with Gasteiger partial charge in [0, 0.05) is 23.5 Å². The molecule has 148 valence electrons. The number of fused-ring (bicyclic) bond motifs is 1. The number of anilines is 1. The molecule has 0 aliphatic carbocycles. The quantitative estimate of drug-likeness (QED) is 0.434. The Hall–Kier alpha value is -1.65. The first-order chi connectivity index (χ1) is 13.5. The number of thiophene rings is 1. The number of hydrogen-bond acceptors (Lipinski definition) is 4. The van der Waals surface area contributed by atoms with Crippen LogP contribution in [-0.2, 0) is 6.42 Å². The SMILES string of the molecule is CCc1sc2nc(Cl)nc(N3CCC(C)CC3)c2c1-c1ccc(C(C)C)cc1. The fraction of sp³-hybridized carbons (Fsp3) is 0.478. The maximum absolute atomic E-state index is 6.34. The molecule has 4 rings (SSSR count). The largest absolute Gasteiger partial charge is 0.356 e. The first kappa shape index (κ1) is 19.7. The van der Waals surface area contributed by atoms with Gasteiger partial charge in [-0.25, -0.2) is 4.98 Å². The van der Waals surface area contributed by atoms with Gasteiger partial charge in [-0.2, -0.15) is 4.98 Å². The van der Waals surface area contributed by atoms with Crippen molar-refractivity contribution in [2.75, 3.05) is 18.0 Å². The molecular weight excluding hydrogens is 386 g/mol. The molecule has 0 bridgehead atoms. The number of aromatic nitrogens is 2. The molecule has 0 radical (unpaired) electrons. The van der Waals surface area contributed by atoms with E-state index in [0.717, 1.165) is 36.1 Å². The van der Waals surface area contributed by atoms with Crippen LogP contribution in [0.5, 0.6) is 0 Å². The zero-order valence-corrected chi connectivity index (χ0v) is 18.7. The summed E-state index contributed by atoms with van der Waals surface area (Å²) in [5.74, 6) is 2.33. The van der Waals surface area contributed by atoms with Crippen LogP contribution in [-0.4, -0.2) is 23.1 Å². The first-order valence-electron chi connectivity index (χ1n) is 10.3. The molecule has 0 atom stereocenters. The molecule has 0 N–H and O–H groups in total. The van der Waals surface area contributed by atoms with E-state index in [2.05, 4.69) is 61.8 Å². The molecule has 5 heteroatoms. The lowest BCUT2D eigenvalue weighted by atomic mass is 9.96. The Morgan fingerprint density at radius 1 is 1.14 bits per heavy atom. The molecule has 1 aromatic carbocycles. The highest BCUT2D eigenvalue weighted by molar-refractivity contribution is 7.19. The summed E-state index contributed by atoms with van der Waals surface area (Å²) in [5.41, 5.74) is 3.92. The van der Waals surface area contributed by atoms with E-state index in [0.29, 0.717) is 11.2 Å². The number of halogens is 1. The fourth-order valence-corrected chi connectivity index (χ4v) is 5.38. The Bertz CT molecular complexity index is 970. The van der Waals surface area contributed by atoms with Crippen molar-refractivity contribution < 1.29 is 0 Å². The van der Waals surface area contributed by atoms with Crippen LogP contribution in [0.3, 0.4) is 0 Å². The molecular formula is C23H28ClN3S. The molecule has 0 saturated carbocycles. The predicted molar refractivity (Wildman–Crippen MR) is 122 cm³/mol. The molecule has 28 heavy (non-hydrogen) atoms. The Kier molecular flexibility index (Phi) is 5.62. The molecule has 1 aliphatic heterocycles. The minimum absolute atomic E-state index is 0.353. The van der Waals surface area contributed by atoms with E-state index in [9.17, 15) is 0 Å². The topological polar surface area (TPSA) is 29.0 Å². The molecule has 3 heterocycles. The van der Waals surface area contributed by atoms with Crippen molar-refractivity contribution in [1.82, 2.24) is 9.97 Å². The summed E-state index contributed by atoms with van der Waals surface area (Å²) in [6, 6.07) is 9.02. The minimum atomic E-state index is 0.353. The fourth-order valence-electron chi connectivity index (χ4n) is 4.04. The first-order valence-corrected chi connectivity index (χ1v) is 11.5. The monoisotopic (exact) mass is 413 g/mol. The average Bonchev–Trinajstić information content (AvgIpc) is 3.06. The number of aryl methyl sites for hydroxylation is 1. The van der Waals surface area contributed by atoms with Gasteiger partial charge in [-0.3, -0.25) is 0 Å². The van der Waals surface area contributed by atoms with Gasteiger partial charge >= 0.3 is 0 Å². The third-order valence-electron chi connectivity index (χ3n) is 5.85. The summed E-state index contributed by atoms with van der Waals surface area (Å²) in [6.45, 7) is 11.1. The molecule has 1 fully saturated rings. The van der Waals surface area contributed by atoms with Gasteiger partial charge in [0.1, 0.15) is 10.6 Å². The van der Waals surface area contributed by atoms with Gasteiger partial charge in [0.2, 0.25) is 5.28 Å². The Labute approximate surface area is 176 Å². The molecule has 1 aliphatic rings. The Morgan fingerprint density at radius 2 is 1.82 bits per heavy atom. The van der Waals surface area contributed by atoms with Gasteiger partial charge in [0.15, 0.2) is 0 Å². The van der Waals surface area contributed by atoms with Crippen molar-refractivity contribution in [2.24, 2.45) is 5.92 Å². The number of hydrogen-bond donors (Lipinski definition) is 0. The van der Waals surface area contributed by atoms with E-state index in [-0.39, 0.29) is 0 Å². The highest BCUT2D eigenvalue weighted by atomic mass is 35.5. The van der Waals surface area contributed by atoms with Crippen molar-refractivity contribution in [3.8, 4) is 11.1 Å². The zero-order valence-electron chi connectivity index (χ0n) is 17.1. The zero-order chi connectivity index (χ0) is 19.8. The molecule has 2 aromatic heterocycles. The summed E-state index contributed by atoms with van der Waals surface area (Å²) in [4.78, 5) is 14.1. The van der Waals surface area contributed by atoms with Gasteiger partial charge in [-0.15, -0.1) is 11.3 Å². The molecule has 0 spiro atoms. The second-order valence-corrected chi connectivity index (χ2v) is 9.62. The molecule has 0 unspecified atom stereocenters. The van der Waals surface area contributed by atoms with Crippen LogP contribution in [0.4, 0.5) is 5.82 Å². The smallest absolute Gasteiger partial charge is 0.225 e.